The maximum atomic E-state index is 13.2. The van der Waals surface area contributed by atoms with Crippen molar-refractivity contribution < 1.29 is 14.1 Å². The lowest BCUT2D eigenvalue weighted by Gasteiger charge is -2.10. The standard InChI is InChI=1S/C15H13BrFNO3/c1-10-2-4-13(17)7-12(10)9-21-15-5-3-11(8-16)6-14(15)18(19)20/h2-7H,8-9H2,1H3. The van der Waals surface area contributed by atoms with Gasteiger partial charge >= 0.3 is 5.69 Å². The number of hydrogen-bond donors (Lipinski definition) is 0. The topological polar surface area (TPSA) is 52.4 Å². The summed E-state index contributed by atoms with van der Waals surface area (Å²) in [6, 6.07) is 9.15. The van der Waals surface area contributed by atoms with Crippen molar-refractivity contribution in [2.24, 2.45) is 0 Å². The number of benzene rings is 2. The molecule has 0 aliphatic rings. The fourth-order valence-electron chi connectivity index (χ4n) is 1.86. The highest BCUT2D eigenvalue weighted by atomic mass is 79.9. The average molecular weight is 354 g/mol. The lowest BCUT2D eigenvalue weighted by molar-refractivity contribution is -0.386. The molecular weight excluding hydrogens is 341 g/mol. The van der Waals surface area contributed by atoms with Gasteiger partial charge in [-0.1, -0.05) is 28.1 Å². The van der Waals surface area contributed by atoms with Gasteiger partial charge in [0.2, 0.25) is 0 Å². The minimum absolute atomic E-state index is 0.0814. The van der Waals surface area contributed by atoms with Crippen LogP contribution in [0.25, 0.3) is 0 Å². The molecule has 110 valence electrons. The summed E-state index contributed by atoms with van der Waals surface area (Å²) in [5.74, 6) is -0.184. The van der Waals surface area contributed by atoms with Crippen molar-refractivity contribution in [1.29, 1.82) is 0 Å². The second kappa shape index (κ2) is 6.67. The Morgan fingerprint density at radius 2 is 2.05 bits per heavy atom. The number of alkyl halides is 1. The Kier molecular flexibility index (Phi) is 4.90. The molecule has 0 aliphatic heterocycles. The second-order valence-corrected chi connectivity index (χ2v) is 5.11. The first-order valence-corrected chi connectivity index (χ1v) is 7.34. The summed E-state index contributed by atoms with van der Waals surface area (Å²) >= 11 is 3.25. The van der Waals surface area contributed by atoms with Gasteiger partial charge in [-0.05, 0) is 41.8 Å². The minimum Gasteiger partial charge on any atom is -0.482 e. The monoisotopic (exact) mass is 353 g/mol. The van der Waals surface area contributed by atoms with Crippen LogP contribution in [0.15, 0.2) is 36.4 Å². The van der Waals surface area contributed by atoms with Crippen molar-refractivity contribution in [1.82, 2.24) is 0 Å². The van der Waals surface area contributed by atoms with Gasteiger partial charge in [0.25, 0.3) is 0 Å². The fourth-order valence-corrected chi connectivity index (χ4v) is 2.21. The van der Waals surface area contributed by atoms with E-state index in [1.165, 1.54) is 18.2 Å². The highest BCUT2D eigenvalue weighted by Gasteiger charge is 2.16. The van der Waals surface area contributed by atoms with E-state index in [0.717, 1.165) is 11.1 Å². The molecule has 0 spiro atoms. The number of nitro benzene ring substituents is 1. The predicted molar refractivity (Wildman–Crippen MR) is 81.2 cm³/mol. The van der Waals surface area contributed by atoms with Crippen LogP contribution in [0.2, 0.25) is 0 Å². The highest BCUT2D eigenvalue weighted by molar-refractivity contribution is 9.08. The maximum absolute atomic E-state index is 13.2. The van der Waals surface area contributed by atoms with Gasteiger partial charge in [-0.15, -0.1) is 0 Å². The van der Waals surface area contributed by atoms with E-state index >= 15 is 0 Å². The van der Waals surface area contributed by atoms with Crippen LogP contribution in [0.3, 0.4) is 0 Å². The van der Waals surface area contributed by atoms with Gasteiger partial charge in [0, 0.05) is 11.4 Å². The first-order valence-electron chi connectivity index (χ1n) is 6.22. The Labute approximate surface area is 129 Å². The quantitative estimate of drug-likeness (QED) is 0.451. The third-order valence-electron chi connectivity index (χ3n) is 3.07. The van der Waals surface area contributed by atoms with Crippen LogP contribution in [0.4, 0.5) is 10.1 Å². The Bertz CT molecular complexity index is 676. The molecule has 0 atom stereocenters. The SMILES string of the molecule is Cc1ccc(F)cc1COc1ccc(CBr)cc1[N+](=O)[O-]. The van der Waals surface area contributed by atoms with Crippen molar-refractivity contribution in [2.45, 2.75) is 18.9 Å². The summed E-state index contributed by atoms with van der Waals surface area (Å²) in [6.07, 6.45) is 0. The number of nitrogens with zero attached hydrogens (tertiary/aromatic N) is 1. The Hall–Kier alpha value is -1.95. The number of halogens is 2. The van der Waals surface area contributed by atoms with E-state index in [1.807, 2.05) is 6.92 Å². The zero-order valence-corrected chi connectivity index (χ0v) is 12.9. The summed E-state index contributed by atoms with van der Waals surface area (Å²) < 4.78 is 18.7. The molecule has 0 aromatic heterocycles. The molecular formula is C15H13BrFNO3. The molecule has 0 bridgehead atoms. The van der Waals surface area contributed by atoms with Crippen LogP contribution in [-0.2, 0) is 11.9 Å². The number of hydrogen-bond acceptors (Lipinski definition) is 3. The van der Waals surface area contributed by atoms with Crippen molar-refractivity contribution in [3.63, 3.8) is 0 Å². The van der Waals surface area contributed by atoms with Crippen LogP contribution in [0.5, 0.6) is 5.75 Å². The largest absolute Gasteiger partial charge is 0.482 e. The highest BCUT2D eigenvalue weighted by Crippen LogP contribution is 2.29. The summed E-state index contributed by atoms with van der Waals surface area (Å²) in [5, 5.41) is 11.6. The van der Waals surface area contributed by atoms with E-state index < -0.39 is 4.92 Å². The van der Waals surface area contributed by atoms with Gasteiger partial charge in [-0.2, -0.15) is 0 Å². The third-order valence-corrected chi connectivity index (χ3v) is 3.72. The predicted octanol–water partition coefficient (Wildman–Crippen LogP) is 4.52. The lowest BCUT2D eigenvalue weighted by atomic mass is 10.1. The van der Waals surface area contributed by atoms with Crippen molar-refractivity contribution >= 4 is 21.6 Å². The molecule has 0 unspecified atom stereocenters. The van der Waals surface area contributed by atoms with Crippen molar-refractivity contribution in [3.8, 4) is 5.75 Å². The molecule has 0 amide bonds. The normalized spacial score (nSPS) is 10.4. The van der Waals surface area contributed by atoms with Crippen molar-refractivity contribution in [3.05, 3.63) is 69.0 Å². The second-order valence-electron chi connectivity index (χ2n) is 4.55. The van der Waals surface area contributed by atoms with Gasteiger partial charge in [0.1, 0.15) is 12.4 Å². The molecule has 2 rings (SSSR count). The molecule has 4 nitrogen and oxygen atoms in total. The summed E-state index contributed by atoms with van der Waals surface area (Å²) in [5.41, 5.74) is 2.22. The first-order chi connectivity index (χ1) is 10.0. The van der Waals surface area contributed by atoms with Gasteiger partial charge in [0.05, 0.1) is 4.92 Å². The van der Waals surface area contributed by atoms with Gasteiger partial charge in [-0.3, -0.25) is 10.1 Å². The molecule has 21 heavy (non-hydrogen) atoms. The molecule has 0 fully saturated rings. The fraction of sp³-hybridized carbons (Fsp3) is 0.200. The van der Waals surface area contributed by atoms with Gasteiger partial charge in [0.15, 0.2) is 5.75 Å². The average Bonchev–Trinajstić information content (AvgIpc) is 2.48. The number of ether oxygens (including phenoxy) is 1. The number of nitro groups is 1. The maximum Gasteiger partial charge on any atom is 0.311 e. The van der Waals surface area contributed by atoms with Gasteiger partial charge < -0.3 is 4.74 Å². The van der Waals surface area contributed by atoms with E-state index in [2.05, 4.69) is 15.9 Å². The molecule has 0 saturated carbocycles. The molecule has 0 radical (unpaired) electrons. The summed E-state index contributed by atoms with van der Waals surface area (Å²) in [7, 11) is 0. The van der Waals surface area contributed by atoms with E-state index in [-0.39, 0.29) is 23.9 Å². The zero-order valence-electron chi connectivity index (χ0n) is 11.3. The Morgan fingerprint density at radius 3 is 2.71 bits per heavy atom. The molecule has 0 saturated heterocycles. The smallest absolute Gasteiger partial charge is 0.311 e. The summed E-state index contributed by atoms with van der Waals surface area (Å²) in [4.78, 5) is 10.6. The van der Waals surface area contributed by atoms with E-state index in [1.54, 1.807) is 18.2 Å². The first kappa shape index (κ1) is 15.4. The van der Waals surface area contributed by atoms with Crippen LogP contribution in [0, 0.1) is 22.9 Å². The van der Waals surface area contributed by atoms with Crippen LogP contribution < -0.4 is 4.74 Å². The molecule has 6 heteroatoms. The van der Waals surface area contributed by atoms with Crippen LogP contribution in [-0.4, -0.2) is 4.92 Å². The number of aryl methyl sites for hydroxylation is 1. The Balaban J connectivity index is 2.23. The van der Waals surface area contributed by atoms with E-state index in [0.29, 0.717) is 10.9 Å². The molecule has 0 N–H and O–H groups in total. The van der Waals surface area contributed by atoms with Crippen LogP contribution >= 0.6 is 15.9 Å². The van der Waals surface area contributed by atoms with Crippen molar-refractivity contribution in [2.75, 3.05) is 0 Å². The number of rotatable bonds is 5. The van der Waals surface area contributed by atoms with Crippen LogP contribution in [0.1, 0.15) is 16.7 Å². The molecule has 0 heterocycles. The van der Waals surface area contributed by atoms with Gasteiger partial charge in [-0.25, -0.2) is 4.39 Å². The molecule has 2 aromatic rings. The zero-order chi connectivity index (χ0) is 15.4. The van der Waals surface area contributed by atoms with E-state index in [4.69, 9.17) is 4.74 Å². The minimum atomic E-state index is -0.486. The molecule has 2 aromatic carbocycles. The van der Waals surface area contributed by atoms with E-state index in [9.17, 15) is 14.5 Å². The summed E-state index contributed by atoms with van der Waals surface area (Å²) in [6.45, 7) is 1.92. The molecule has 0 aliphatic carbocycles. The Morgan fingerprint density at radius 1 is 1.29 bits per heavy atom. The third kappa shape index (κ3) is 3.78. The lowest BCUT2D eigenvalue weighted by Crippen LogP contribution is -2.01.